The van der Waals surface area contributed by atoms with Crippen molar-refractivity contribution in [3.63, 3.8) is 0 Å². The second-order valence-corrected chi connectivity index (χ2v) is 10.6. The third kappa shape index (κ3) is 9.54. The highest BCUT2D eigenvalue weighted by atomic mass is 32.1. The van der Waals surface area contributed by atoms with Crippen molar-refractivity contribution in [1.82, 2.24) is 4.98 Å². The van der Waals surface area contributed by atoms with Gasteiger partial charge in [-0.15, -0.1) is 11.3 Å². The predicted molar refractivity (Wildman–Crippen MR) is 155 cm³/mol. The molecule has 3 aromatic rings. The third-order valence-corrected chi connectivity index (χ3v) is 7.28. The maximum absolute atomic E-state index is 15.2. The zero-order valence-electron chi connectivity index (χ0n) is 23.3. The summed E-state index contributed by atoms with van der Waals surface area (Å²) in [7, 11) is 0. The highest BCUT2D eigenvalue weighted by Gasteiger charge is 2.18. The molecule has 0 spiro atoms. The molecule has 0 saturated heterocycles. The first-order valence-electron chi connectivity index (χ1n) is 13.7. The van der Waals surface area contributed by atoms with Gasteiger partial charge in [-0.1, -0.05) is 64.0 Å². The molecule has 1 heterocycles. The standard InChI is InChI=1S/C31H35F3N2O4S/c1-3-4-5-6-7-8-9-10-14-40-18-21-12-11-13-23(28(21)34)27-19-41-31(35-27)36-29(37)22-16-25(32)24(26(33)17-22)15-20(2)30(38)39/h11-13,15-17,19H,3-10,14,18H2,1-2H3,(H,38,39)(H,35,36,37)/b20-15+. The number of hydrogen-bond donors (Lipinski definition) is 2. The minimum atomic E-state index is -1.32. The van der Waals surface area contributed by atoms with Crippen LogP contribution in [0, 0.1) is 17.5 Å². The molecule has 0 aliphatic rings. The number of amides is 1. The lowest BCUT2D eigenvalue weighted by molar-refractivity contribution is -0.132. The average molecular weight is 589 g/mol. The number of carboxylic acids is 1. The van der Waals surface area contributed by atoms with Gasteiger partial charge < -0.3 is 9.84 Å². The number of aromatic nitrogens is 1. The van der Waals surface area contributed by atoms with Gasteiger partial charge in [0.05, 0.1) is 12.3 Å². The molecule has 0 radical (unpaired) electrons. The fourth-order valence-corrected chi connectivity index (χ4v) is 4.87. The van der Waals surface area contributed by atoms with E-state index in [0.717, 1.165) is 42.4 Å². The molecule has 1 aromatic heterocycles. The van der Waals surface area contributed by atoms with E-state index in [0.29, 0.717) is 17.9 Å². The molecule has 1 amide bonds. The van der Waals surface area contributed by atoms with E-state index >= 15 is 4.39 Å². The van der Waals surface area contributed by atoms with Crippen LogP contribution in [0.4, 0.5) is 18.3 Å². The van der Waals surface area contributed by atoms with Crippen molar-refractivity contribution in [3.8, 4) is 11.3 Å². The lowest BCUT2D eigenvalue weighted by Gasteiger charge is -2.08. The number of anilines is 1. The number of hydrogen-bond acceptors (Lipinski definition) is 5. The molecule has 41 heavy (non-hydrogen) atoms. The van der Waals surface area contributed by atoms with E-state index in [4.69, 9.17) is 9.84 Å². The number of aliphatic carboxylic acids is 1. The topological polar surface area (TPSA) is 88.5 Å². The number of carbonyl (C=O) groups excluding carboxylic acids is 1. The molecule has 0 unspecified atom stereocenters. The van der Waals surface area contributed by atoms with Crippen molar-refractivity contribution < 1.29 is 32.6 Å². The Bertz CT molecular complexity index is 1350. The second kappa shape index (κ2) is 16.1. The highest BCUT2D eigenvalue weighted by Crippen LogP contribution is 2.29. The summed E-state index contributed by atoms with van der Waals surface area (Å²) in [6.07, 6.45) is 10.4. The molecule has 2 N–H and O–H groups in total. The number of nitrogens with zero attached hydrogens (tertiary/aromatic N) is 1. The van der Waals surface area contributed by atoms with Crippen LogP contribution in [0.25, 0.3) is 17.3 Å². The van der Waals surface area contributed by atoms with Gasteiger partial charge in [0.2, 0.25) is 0 Å². The highest BCUT2D eigenvalue weighted by molar-refractivity contribution is 7.14. The van der Waals surface area contributed by atoms with E-state index in [-0.39, 0.29) is 28.4 Å². The molecule has 6 nitrogen and oxygen atoms in total. The SMILES string of the molecule is CCCCCCCCCCOCc1cccc(-c2csc(NC(=O)c3cc(F)c(/C=C(\C)C(=O)O)c(F)c3)n2)c1F. The lowest BCUT2D eigenvalue weighted by atomic mass is 10.1. The quantitative estimate of drug-likeness (QED) is 0.129. The van der Waals surface area contributed by atoms with Crippen LogP contribution >= 0.6 is 11.3 Å². The summed E-state index contributed by atoms with van der Waals surface area (Å²) in [5, 5.41) is 13.1. The number of ether oxygens (including phenoxy) is 1. The van der Waals surface area contributed by atoms with Crippen LogP contribution in [0.1, 0.15) is 86.7 Å². The molecule has 220 valence electrons. The Hall–Kier alpha value is -3.50. The molecule has 0 atom stereocenters. The lowest BCUT2D eigenvalue weighted by Crippen LogP contribution is -2.13. The summed E-state index contributed by atoms with van der Waals surface area (Å²) < 4.78 is 49.8. The van der Waals surface area contributed by atoms with Crippen molar-refractivity contribution in [1.29, 1.82) is 0 Å². The number of halogens is 3. The molecular weight excluding hydrogens is 553 g/mol. The van der Waals surface area contributed by atoms with Crippen molar-refractivity contribution in [2.24, 2.45) is 0 Å². The smallest absolute Gasteiger partial charge is 0.331 e. The number of unbranched alkanes of at least 4 members (excludes halogenated alkanes) is 7. The van der Waals surface area contributed by atoms with E-state index in [1.54, 1.807) is 23.6 Å². The first-order chi connectivity index (χ1) is 19.7. The minimum absolute atomic E-state index is 0.118. The Kier molecular flexibility index (Phi) is 12.6. The fraction of sp³-hybridized carbons (Fsp3) is 0.387. The second-order valence-electron chi connectivity index (χ2n) is 9.78. The number of rotatable bonds is 16. The number of carbonyl (C=O) groups is 2. The van der Waals surface area contributed by atoms with Crippen LogP contribution < -0.4 is 5.32 Å². The van der Waals surface area contributed by atoms with Gasteiger partial charge in [0.1, 0.15) is 17.5 Å². The molecule has 10 heteroatoms. The summed E-state index contributed by atoms with van der Waals surface area (Å²) in [5.41, 5.74) is -0.189. The van der Waals surface area contributed by atoms with Crippen LogP contribution in [-0.2, 0) is 16.1 Å². The average Bonchev–Trinajstić information content (AvgIpc) is 3.40. The number of benzene rings is 2. The Morgan fingerprint density at radius 1 is 1.02 bits per heavy atom. The van der Waals surface area contributed by atoms with Gasteiger partial charge in [-0.2, -0.15) is 0 Å². The van der Waals surface area contributed by atoms with Crippen LogP contribution in [0.3, 0.4) is 0 Å². The summed E-state index contributed by atoms with van der Waals surface area (Å²) in [6.45, 7) is 4.10. The monoisotopic (exact) mass is 588 g/mol. The molecule has 0 fully saturated rings. The molecule has 0 aliphatic heterocycles. The van der Waals surface area contributed by atoms with Crippen molar-refractivity contribution in [3.05, 3.63) is 75.4 Å². The van der Waals surface area contributed by atoms with Crippen LogP contribution in [0.2, 0.25) is 0 Å². The third-order valence-electron chi connectivity index (χ3n) is 6.52. The molecule has 0 bridgehead atoms. The summed E-state index contributed by atoms with van der Waals surface area (Å²) in [4.78, 5) is 27.8. The van der Waals surface area contributed by atoms with E-state index < -0.39 is 34.9 Å². The number of thiazole rings is 1. The largest absolute Gasteiger partial charge is 0.478 e. The van der Waals surface area contributed by atoms with Crippen LogP contribution in [-0.4, -0.2) is 28.6 Å². The predicted octanol–water partition coefficient (Wildman–Crippen LogP) is 8.62. The first kappa shape index (κ1) is 32.0. The van der Waals surface area contributed by atoms with Crippen LogP contribution in [0.15, 0.2) is 41.3 Å². The normalized spacial score (nSPS) is 11.6. The maximum Gasteiger partial charge on any atom is 0.331 e. The van der Waals surface area contributed by atoms with Gasteiger partial charge in [-0.25, -0.2) is 22.9 Å². The van der Waals surface area contributed by atoms with E-state index in [1.807, 2.05) is 0 Å². The Balaban J connectivity index is 1.57. The summed E-state index contributed by atoms with van der Waals surface area (Å²) in [5.74, 6) is -4.77. The van der Waals surface area contributed by atoms with Gasteiger partial charge in [0.25, 0.3) is 5.91 Å². The zero-order valence-corrected chi connectivity index (χ0v) is 24.1. The molecule has 2 aromatic carbocycles. The maximum atomic E-state index is 15.2. The van der Waals surface area contributed by atoms with Gasteiger partial charge >= 0.3 is 5.97 Å². The number of nitrogens with one attached hydrogen (secondary N) is 1. The molecule has 3 rings (SSSR count). The van der Waals surface area contributed by atoms with Crippen molar-refractivity contribution in [2.45, 2.75) is 71.8 Å². The Morgan fingerprint density at radius 2 is 1.68 bits per heavy atom. The Labute approximate surface area is 242 Å². The summed E-state index contributed by atoms with van der Waals surface area (Å²) in [6, 6.07) is 6.56. The fourth-order valence-electron chi connectivity index (χ4n) is 4.16. The van der Waals surface area contributed by atoms with Gasteiger partial charge in [0.15, 0.2) is 5.13 Å². The van der Waals surface area contributed by atoms with Crippen molar-refractivity contribution in [2.75, 3.05) is 11.9 Å². The Morgan fingerprint density at radius 3 is 2.34 bits per heavy atom. The number of carboxylic acid groups (broad SMARTS) is 1. The van der Waals surface area contributed by atoms with Crippen LogP contribution in [0.5, 0.6) is 0 Å². The minimum Gasteiger partial charge on any atom is -0.478 e. The zero-order chi connectivity index (χ0) is 29.8. The van der Waals surface area contributed by atoms with Crippen molar-refractivity contribution >= 4 is 34.4 Å². The molecular formula is C31H35F3N2O4S. The van der Waals surface area contributed by atoms with E-state index in [1.165, 1.54) is 45.4 Å². The van der Waals surface area contributed by atoms with E-state index in [9.17, 15) is 18.4 Å². The first-order valence-corrected chi connectivity index (χ1v) is 14.6. The summed E-state index contributed by atoms with van der Waals surface area (Å²) >= 11 is 1.04. The van der Waals surface area contributed by atoms with E-state index in [2.05, 4.69) is 17.2 Å². The van der Waals surface area contributed by atoms with Gasteiger partial charge in [0, 0.05) is 39.8 Å². The molecule has 0 saturated carbocycles. The van der Waals surface area contributed by atoms with Gasteiger partial charge in [-0.05, 0) is 37.6 Å². The molecule has 0 aliphatic carbocycles. The van der Waals surface area contributed by atoms with Gasteiger partial charge in [-0.3, -0.25) is 10.1 Å².